The number of nitrogen functional groups attached to an aromatic ring is 1. The molecule has 0 spiro atoms. The summed E-state index contributed by atoms with van der Waals surface area (Å²) < 4.78 is 0. The highest BCUT2D eigenvalue weighted by atomic mass is 16.2. The van der Waals surface area contributed by atoms with Gasteiger partial charge in [0, 0.05) is 24.3 Å². The zero-order valence-electron chi connectivity index (χ0n) is 12.9. The van der Waals surface area contributed by atoms with Crippen molar-refractivity contribution in [3.05, 3.63) is 64.7 Å². The first-order valence-electron chi connectivity index (χ1n) is 7.22. The molecule has 3 nitrogen and oxygen atoms in total. The number of rotatable bonds is 4. The molecule has 2 aromatic carbocycles. The lowest BCUT2D eigenvalue weighted by Crippen LogP contribution is -2.31. The highest BCUT2D eigenvalue weighted by Crippen LogP contribution is 2.18. The molecule has 2 aromatic rings. The third-order valence-electron chi connectivity index (χ3n) is 3.72. The van der Waals surface area contributed by atoms with Crippen molar-refractivity contribution < 1.29 is 4.79 Å². The van der Waals surface area contributed by atoms with Gasteiger partial charge in [-0.1, -0.05) is 30.3 Å². The van der Waals surface area contributed by atoms with E-state index in [0.717, 1.165) is 27.9 Å². The van der Waals surface area contributed by atoms with Crippen LogP contribution in [0.3, 0.4) is 0 Å². The van der Waals surface area contributed by atoms with Gasteiger partial charge in [0.15, 0.2) is 0 Å². The number of hydrogen-bond donors (Lipinski definition) is 1. The second-order valence-corrected chi connectivity index (χ2v) is 5.33. The molecule has 0 aliphatic heterocycles. The van der Waals surface area contributed by atoms with Crippen LogP contribution in [0.15, 0.2) is 42.5 Å². The van der Waals surface area contributed by atoms with E-state index in [1.807, 2.05) is 68.1 Å². The summed E-state index contributed by atoms with van der Waals surface area (Å²) in [6, 6.07) is 13.6. The van der Waals surface area contributed by atoms with Gasteiger partial charge in [-0.05, 0) is 49.6 Å². The van der Waals surface area contributed by atoms with E-state index in [1.54, 1.807) is 0 Å². The molecule has 0 heterocycles. The minimum Gasteiger partial charge on any atom is -0.399 e. The van der Waals surface area contributed by atoms with Crippen molar-refractivity contribution in [2.75, 3.05) is 12.3 Å². The van der Waals surface area contributed by atoms with Gasteiger partial charge in [0.1, 0.15) is 0 Å². The standard InChI is InChI=1S/C18H22N2O/c1-4-20(12-15-8-10-16(19)11-9-15)18(21)17-13(2)6-5-7-14(17)3/h5-11H,4,12,19H2,1-3H3. The van der Waals surface area contributed by atoms with Crippen molar-refractivity contribution in [2.24, 2.45) is 0 Å². The Kier molecular flexibility index (Phi) is 4.63. The summed E-state index contributed by atoms with van der Waals surface area (Å²) in [4.78, 5) is 14.7. The van der Waals surface area contributed by atoms with Gasteiger partial charge in [0.05, 0.1) is 0 Å². The smallest absolute Gasteiger partial charge is 0.254 e. The molecule has 3 heteroatoms. The average molecular weight is 282 g/mol. The van der Waals surface area contributed by atoms with Crippen LogP contribution < -0.4 is 5.73 Å². The zero-order valence-corrected chi connectivity index (χ0v) is 12.9. The average Bonchev–Trinajstić information content (AvgIpc) is 2.46. The topological polar surface area (TPSA) is 46.3 Å². The van der Waals surface area contributed by atoms with Crippen LogP contribution in [-0.4, -0.2) is 17.4 Å². The van der Waals surface area contributed by atoms with Gasteiger partial charge in [0.25, 0.3) is 5.91 Å². The van der Waals surface area contributed by atoms with E-state index in [9.17, 15) is 4.79 Å². The molecule has 1 amide bonds. The molecule has 0 unspecified atom stereocenters. The van der Waals surface area contributed by atoms with Crippen LogP contribution in [0.4, 0.5) is 5.69 Å². The molecule has 2 rings (SSSR count). The minimum absolute atomic E-state index is 0.0879. The summed E-state index contributed by atoms with van der Waals surface area (Å²) >= 11 is 0. The summed E-state index contributed by atoms with van der Waals surface area (Å²) in [6.45, 7) is 7.25. The first-order chi connectivity index (χ1) is 10.0. The van der Waals surface area contributed by atoms with Crippen molar-refractivity contribution in [2.45, 2.75) is 27.3 Å². The van der Waals surface area contributed by atoms with E-state index in [1.165, 1.54) is 0 Å². The fourth-order valence-electron chi connectivity index (χ4n) is 2.48. The summed E-state index contributed by atoms with van der Waals surface area (Å²) in [5, 5.41) is 0. The predicted octanol–water partition coefficient (Wildman–Crippen LogP) is 3.55. The number of aryl methyl sites for hydroxylation is 2. The number of nitrogens with zero attached hydrogens (tertiary/aromatic N) is 1. The van der Waals surface area contributed by atoms with Crippen molar-refractivity contribution in [1.29, 1.82) is 0 Å². The molecule has 0 aliphatic carbocycles. The molecule has 0 aromatic heterocycles. The molecule has 0 atom stereocenters. The minimum atomic E-state index is 0.0879. The Labute approximate surface area is 126 Å². The fourth-order valence-corrected chi connectivity index (χ4v) is 2.48. The van der Waals surface area contributed by atoms with E-state index in [0.29, 0.717) is 13.1 Å². The van der Waals surface area contributed by atoms with Crippen LogP contribution in [-0.2, 0) is 6.54 Å². The Bertz CT molecular complexity index is 612. The molecule has 21 heavy (non-hydrogen) atoms. The lowest BCUT2D eigenvalue weighted by atomic mass is 10.0. The van der Waals surface area contributed by atoms with Gasteiger partial charge >= 0.3 is 0 Å². The van der Waals surface area contributed by atoms with Crippen LogP contribution >= 0.6 is 0 Å². The van der Waals surface area contributed by atoms with E-state index >= 15 is 0 Å². The van der Waals surface area contributed by atoms with E-state index in [2.05, 4.69) is 0 Å². The van der Waals surface area contributed by atoms with Crippen LogP contribution in [0.5, 0.6) is 0 Å². The molecular formula is C18H22N2O. The molecular weight excluding hydrogens is 260 g/mol. The number of amides is 1. The maximum Gasteiger partial charge on any atom is 0.254 e. The molecule has 0 fully saturated rings. The molecule has 2 N–H and O–H groups in total. The largest absolute Gasteiger partial charge is 0.399 e. The highest BCUT2D eigenvalue weighted by Gasteiger charge is 2.18. The SMILES string of the molecule is CCN(Cc1ccc(N)cc1)C(=O)c1c(C)cccc1C. The fraction of sp³-hybridized carbons (Fsp3) is 0.278. The maximum atomic E-state index is 12.8. The Morgan fingerprint density at radius 2 is 1.62 bits per heavy atom. The third kappa shape index (κ3) is 3.43. The molecule has 0 aliphatic rings. The number of hydrogen-bond acceptors (Lipinski definition) is 2. The molecule has 0 bridgehead atoms. The number of benzene rings is 2. The highest BCUT2D eigenvalue weighted by molar-refractivity contribution is 5.97. The first-order valence-corrected chi connectivity index (χ1v) is 7.22. The van der Waals surface area contributed by atoms with Crippen molar-refractivity contribution in [3.8, 4) is 0 Å². The van der Waals surface area contributed by atoms with Crippen LogP contribution in [0.25, 0.3) is 0 Å². The third-order valence-corrected chi connectivity index (χ3v) is 3.72. The Morgan fingerprint density at radius 1 is 1.05 bits per heavy atom. The normalized spacial score (nSPS) is 10.4. The van der Waals surface area contributed by atoms with Gasteiger partial charge in [-0.3, -0.25) is 4.79 Å². The Balaban J connectivity index is 2.24. The van der Waals surface area contributed by atoms with Gasteiger partial charge in [-0.25, -0.2) is 0 Å². The zero-order chi connectivity index (χ0) is 15.4. The monoisotopic (exact) mass is 282 g/mol. The quantitative estimate of drug-likeness (QED) is 0.872. The van der Waals surface area contributed by atoms with Crippen molar-refractivity contribution in [3.63, 3.8) is 0 Å². The number of carbonyl (C=O) groups is 1. The Hall–Kier alpha value is -2.29. The summed E-state index contributed by atoms with van der Waals surface area (Å²) in [5.41, 5.74) is 10.4. The summed E-state index contributed by atoms with van der Waals surface area (Å²) in [5.74, 6) is 0.0879. The number of nitrogens with two attached hydrogens (primary N) is 1. The molecule has 0 saturated heterocycles. The predicted molar refractivity (Wildman–Crippen MR) is 87.2 cm³/mol. The maximum absolute atomic E-state index is 12.8. The van der Waals surface area contributed by atoms with Gasteiger partial charge in [0.2, 0.25) is 0 Å². The summed E-state index contributed by atoms with van der Waals surface area (Å²) in [7, 11) is 0. The van der Waals surface area contributed by atoms with Crippen molar-refractivity contribution in [1.82, 2.24) is 4.90 Å². The lowest BCUT2D eigenvalue weighted by Gasteiger charge is -2.23. The van der Waals surface area contributed by atoms with Crippen LogP contribution in [0.1, 0.15) is 34.0 Å². The van der Waals surface area contributed by atoms with E-state index in [4.69, 9.17) is 5.73 Å². The first kappa shape index (κ1) is 15.1. The molecule has 110 valence electrons. The van der Waals surface area contributed by atoms with Gasteiger partial charge in [-0.15, -0.1) is 0 Å². The second-order valence-electron chi connectivity index (χ2n) is 5.33. The lowest BCUT2D eigenvalue weighted by molar-refractivity contribution is 0.0751. The van der Waals surface area contributed by atoms with Gasteiger partial charge in [-0.2, -0.15) is 0 Å². The number of carbonyl (C=O) groups excluding carboxylic acids is 1. The van der Waals surface area contributed by atoms with Gasteiger partial charge < -0.3 is 10.6 Å². The van der Waals surface area contributed by atoms with E-state index in [-0.39, 0.29) is 5.91 Å². The molecule has 0 saturated carbocycles. The second kappa shape index (κ2) is 6.44. The van der Waals surface area contributed by atoms with Crippen LogP contribution in [0, 0.1) is 13.8 Å². The number of anilines is 1. The summed E-state index contributed by atoms with van der Waals surface area (Å²) in [6.07, 6.45) is 0. The van der Waals surface area contributed by atoms with Crippen LogP contribution in [0.2, 0.25) is 0 Å². The van der Waals surface area contributed by atoms with Crippen molar-refractivity contribution >= 4 is 11.6 Å². The Morgan fingerprint density at radius 3 is 2.14 bits per heavy atom. The molecule has 0 radical (unpaired) electrons. The van der Waals surface area contributed by atoms with E-state index < -0.39 is 0 Å².